The maximum absolute atomic E-state index is 6.61. The highest BCUT2D eigenvalue weighted by molar-refractivity contribution is 6.33. The molecule has 0 aliphatic heterocycles. The van der Waals surface area contributed by atoms with Gasteiger partial charge in [-0.3, -0.25) is 0 Å². The molecule has 0 fully saturated rings. The fraction of sp³-hybridized carbons (Fsp3) is 0.250. The van der Waals surface area contributed by atoms with Crippen molar-refractivity contribution in [3.63, 3.8) is 0 Å². The van der Waals surface area contributed by atoms with Gasteiger partial charge >= 0.3 is 0 Å². The predicted octanol–water partition coefficient (Wildman–Crippen LogP) is 4.69. The Kier molecular flexibility index (Phi) is 5.21. The zero-order chi connectivity index (χ0) is 15.4. The average Bonchev–Trinajstić information content (AvgIpc) is 2.53. The van der Waals surface area contributed by atoms with Gasteiger partial charge in [0.2, 0.25) is 0 Å². The van der Waals surface area contributed by atoms with Crippen molar-refractivity contribution in [1.82, 2.24) is 0 Å². The number of alkyl halides is 1. The SMILES string of the molecule is COc1cc(OC)c(C(Cl)c2ccccc2Cl)c(OC)c1. The van der Waals surface area contributed by atoms with Gasteiger partial charge in [-0.25, -0.2) is 0 Å². The number of hydrogen-bond donors (Lipinski definition) is 0. The maximum atomic E-state index is 6.61. The summed E-state index contributed by atoms with van der Waals surface area (Å²) in [5.74, 6) is 1.81. The van der Waals surface area contributed by atoms with Gasteiger partial charge in [0.15, 0.2) is 0 Å². The number of hydrogen-bond acceptors (Lipinski definition) is 3. The van der Waals surface area contributed by atoms with Gasteiger partial charge in [0.25, 0.3) is 0 Å². The van der Waals surface area contributed by atoms with Crippen LogP contribution in [0, 0.1) is 0 Å². The zero-order valence-corrected chi connectivity index (χ0v) is 13.5. The summed E-state index contributed by atoms with van der Waals surface area (Å²) >= 11 is 12.8. The van der Waals surface area contributed by atoms with E-state index in [1.807, 2.05) is 18.2 Å². The number of benzene rings is 2. The minimum Gasteiger partial charge on any atom is -0.496 e. The molecule has 0 heterocycles. The molecule has 21 heavy (non-hydrogen) atoms. The van der Waals surface area contributed by atoms with Crippen molar-refractivity contribution in [2.24, 2.45) is 0 Å². The van der Waals surface area contributed by atoms with E-state index in [9.17, 15) is 0 Å². The van der Waals surface area contributed by atoms with Gasteiger partial charge in [-0.05, 0) is 11.6 Å². The Morgan fingerprint density at radius 3 is 1.95 bits per heavy atom. The van der Waals surface area contributed by atoms with Crippen LogP contribution in [0.4, 0.5) is 0 Å². The summed E-state index contributed by atoms with van der Waals surface area (Å²) < 4.78 is 16.1. The van der Waals surface area contributed by atoms with E-state index >= 15 is 0 Å². The summed E-state index contributed by atoms with van der Waals surface area (Å²) in [5, 5.41) is 0.104. The lowest BCUT2D eigenvalue weighted by Crippen LogP contribution is -2.02. The van der Waals surface area contributed by atoms with Crippen LogP contribution in [0.3, 0.4) is 0 Å². The van der Waals surface area contributed by atoms with Gasteiger partial charge in [-0.2, -0.15) is 0 Å². The summed E-state index contributed by atoms with van der Waals surface area (Å²) in [7, 11) is 4.74. The molecule has 0 radical (unpaired) electrons. The average molecular weight is 327 g/mol. The Morgan fingerprint density at radius 1 is 0.905 bits per heavy atom. The van der Waals surface area contributed by atoms with Crippen molar-refractivity contribution >= 4 is 23.2 Å². The summed E-state index contributed by atoms with van der Waals surface area (Å²) in [6, 6.07) is 11.0. The molecule has 1 unspecified atom stereocenters. The van der Waals surface area contributed by atoms with E-state index in [-0.39, 0.29) is 0 Å². The lowest BCUT2D eigenvalue weighted by molar-refractivity contribution is 0.369. The Balaban J connectivity index is 2.59. The van der Waals surface area contributed by atoms with E-state index in [0.29, 0.717) is 22.3 Å². The van der Waals surface area contributed by atoms with Crippen LogP contribution >= 0.6 is 23.2 Å². The van der Waals surface area contributed by atoms with Crippen molar-refractivity contribution in [2.45, 2.75) is 5.38 Å². The smallest absolute Gasteiger partial charge is 0.131 e. The molecule has 0 bridgehead atoms. The molecule has 2 aromatic rings. The van der Waals surface area contributed by atoms with E-state index in [1.165, 1.54) is 0 Å². The molecule has 112 valence electrons. The third-order valence-corrected chi connectivity index (χ3v) is 3.98. The van der Waals surface area contributed by atoms with Crippen molar-refractivity contribution < 1.29 is 14.2 Å². The van der Waals surface area contributed by atoms with Crippen molar-refractivity contribution in [3.8, 4) is 17.2 Å². The molecule has 2 rings (SSSR count). The summed E-state index contributed by atoms with van der Waals surface area (Å²) in [6.45, 7) is 0. The van der Waals surface area contributed by atoms with Crippen molar-refractivity contribution in [2.75, 3.05) is 21.3 Å². The second-order valence-electron chi connectivity index (χ2n) is 4.33. The maximum Gasteiger partial charge on any atom is 0.131 e. The molecule has 0 aromatic heterocycles. The highest BCUT2D eigenvalue weighted by atomic mass is 35.5. The first-order chi connectivity index (χ1) is 10.1. The molecule has 0 amide bonds. The number of halogens is 2. The molecule has 0 saturated carbocycles. The lowest BCUT2D eigenvalue weighted by Gasteiger charge is -2.19. The van der Waals surface area contributed by atoms with Gasteiger partial charge in [-0.1, -0.05) is 29.8 Å². The molecular formula is C16H16Cl2O3. The van der Waals surface area contributed by atoms with Crippen LogP contribution in [-0.2, 0) is 0 Å². The fourth-order valence-electron chi connectivity index (χ4n) is 2.12. The molecule has 5 heteroatoms. The molecule has 0 spiro atoms. The topological polar surface area (TPSA) is 27.7 Å². The van der Waals surface area contributed by atoms with E-state index in [2.05, 4.69) is 0 Å². The summed E-state index contributed by atoms with van der Waals surface area (Å²) in [4.78, 5) is 0. The third kappa shape index (κ3) is 3.20. The molecule has 0 saturated heterocycles. The van der Waals surface area contributed by atoms with Crippen LogP contribution in [0.5, 0.6) is 17.2 Å². The monoisotopic (exact) mass is 326 g/mol. The first kappa shape index (κ1) is 15.8. The Labute approximate surface area is 134 Å². The van der Waals surface area contributed by atoms with E-state index in [1.54, 1.807) is 39.5 Å². The minimum atomic E-state index is -0.491. The van der Waals surface area contributed by atoms with Crippen LogP contribution < -0.4 is 14.2 Å². The van der Waals surface area contributed by atoms with Gasteiger partial charge in [-0.15, -0.1) is 11.6 Å². The number of methoxy groups -OCH3 is 3. The zero-order valence-electron chi connectivity index (χ0n) is 12.0. The second kappa shape index (κ2) is 6.92. The molecular weight excluding hydrogens is 311 g/mol. The quantitative estimate of drug-likeness (QED) is 0.746. The van der Waals surface area contributed by atoms with Gasteiger partial charge in [0.1, 0.15) is 17.2 Å². The largest absolute Gasteiger partial charge is 0.496 e. The highest BCUT2D eigenvalue weighted by Crippen LogP contribution is 2.45. The normalized spacial score (nSPS) is 11.9. The molecule has 1 atom stereocenters. The van der Waals surface area contributed by atoms with Gasteiger partial charge in [0.05, 0.1) is 32.3 Å². The van der Waals surface area contributed by atoms with Crippen LogP contribution in [0.25, 0.3) is 0 Å². The standard InChI is InChI=1S/C16H16Cl2O3/c1-19-10-8-13(20-2)15(14(9-10)21-3)16(18)11-6-4-5-7-12(11)17/h4-9,16H,1-3H3. The van der Waals surface area contributed by atoms with Crippen molar-refractivity contribution in [3.05, 3.63) is 52.5 Å². The van der Waals surface area contributed by atoms with Gasteiger partial charge in [0, 0.05) is 17.2 Å². The molecule has 0 aliphatic rings. The molecule has 3 nitrogen and oxygen atoms in total. The van der Waals surface area contributed by atoms with E-state index in [4.69, 9.17) is 37.4 Å². The Morgan fingerprint density at radius 2 is 1.48 bits per heavy atom. The molecule has 2 aromatic carbocycles. The second-order valence-corrected chi connectivity index (χ2v) is 5.17. The third-order valence-electron chi connectivity index (χ3n) is 3.18. The number of ether oxygens (including phenoxy) is 3. The highest BCUT2D eigenvalue weighted by Gasteiger charge is 2.23. The van der Waals surface area contributed by atoms with E-state index < -0.39 is 5.38 Å². The van der Waals surface area contributed by atoms with Crippen LogP contribution in [0.15, 0.2) is 36.4 Å². The van der Waals surface area contributed by atoms with Crippen LogP contribution in [0.1, 0.15) is 16.5 Å². The van der Waals surface area contributed by atoms with Crippen LogP contribution in [0.2, 0.25) is 5.02 Å². The van der Waals surface area contributed by atoms with E-state index in [0.717, 1.165) is 11.1 Å². The Hall–Kier alpha value is -1.58. The Bertz CT molecular complexity index is 604. The lowest BCUT2D eigenvalue weighted by atomic mass is 10.0. The molecule has 0 N–H and O–H groups in total. The summed E-state index contributed by atoms with van der Waals surface area (Å²) in [6.07, 6.45) is 0. The number of rotatable bonds is 5. The minimum absolute atomic E-state index is 0.491. The fourth-order valence-corrected chi connectivity index (χ4v) is 2.82. The molecule has 0 aliphatic carbocycles. The predicted molar refractivity (Wildman–Crippen MR) is 85.2 cm³/mol. The summed E-state index contributed by atoms with van der Waals surface area (Å²) in [5.41, 5.74) is 1.51. The van der Waals surface area contributed by atoms with Gasteiger partial charge < -0.3 is 14.2 Å². The first-order valence-electron chi connectivity index (χ1n) is 6.30. The van der Waals surface area contributed by atoms with Crippen LogP contribution in [-0.4, -0.2) is 21.3 Å². The first-order valence-corrected chi connectivity index (χ1v) is 7.12. The van der Waals surface area contributed by atoms with Crippen molar-refractivity contribution in [1.29, 1.82) is 0 Å².